The first-order valence-corrected chi connectivity index (χ1v) is 10.0. The molecule has 0 aromatic heterocycles. The fourth-order valence-corrected chi connectivity index (χ4v) is 3.24. The molecule has 3 nitrogen and oxygen atoms in total. The van der Waals surface area contributed by atoms with Gasteiger partial charge in [0.05, 0.1) is 0 Å². The first-order chi connectivity index (χ1) is 13.4. The van der Waals surface area contributed by atoms with E-state index in [0.29, 0.717) is 24.3 Å². The van der Waals surface area contributed by atoms with E-state index in [2.05, 4.69) is 58.2 Å². The number of benzene rings is 2. The second kappa shape index (κ2) is 12.9. The predicted molar refractivity (Wildman–Crippen MR) is 119 cm³/mol. The molecular weight excluding hydrogens is 346 g/mol. The summed E-state index contributed by atoms with van der Waals surface area (Å²) in [5, 5.41) is 0. The summed E-state index contributed by atoms with van der Waals surface area (Å²) in [5.74, 6) is 0.800. The van der Waals surface area contributed by atoms with E-state index in [1.165, 1.54) is 5.56 Å². The van der Waals surface area contributed by atoms with Crippen LogP contribution in [0.15, 0.2) is 61.2 Å². The van der Waals surface area contributed by atoms with Gasteiger partial charge in [-0.2, -0.15) is 0 Å². The van der Waals surface area contributed by atoms with Crippen molar-refractivity contribution in [2.24, 2.45) is 0 Å². The van der Waals surface area contributed by atoms with Gasteiger partial charge in [0.1, 0.15) is 18.6 Å². The summed E-state index contributed by atoms with van der Waals surface area (Å²) < 4.78 is 5.62. The molecule has 0 saturated carbocycles. The Morgan fingerprint density at radius 1 is 1.04 bits per heavy atom. The van der Waals surface area contributed by atoms with Gasteiger partial charge in [-0.15, -0.1) is 0 Å². The maximum Gasteiger partial charge on any atom is 0.150 e. The molecule has 0 saturated heterocycles. The molecule has 0 fully saturated rings. The number of hydrogen-bond donors (Lipinski definition) is 0. The average Bonchev–Trinajstić information content (AvgIpc) is 2.68. The number of ether oxygens (including phenoxy) is 1. The van der Waals surface area contributed by atoms with E-state index in [4.69, 9.17) is 4.74 Å². The van der Waals surface area contributed by atoms with E-state index in [9.17, 15) is 4.79 Å². The highest BCUT2D eigenvalue weighted by Gasteiger charge is 2.09. The van der Waals surface area contributed by atoms with Gasteiger partial charge in [-0.05, 0) is 63.6 Å². The van der Waals surface area contributed by atoms with E-state index in [-0.39, 0.29) is 0 Å². The quantitative estimate of drug-likeness (QED) is 0.407. The van der Waals surface area contributed by atoms with Crippen molar-refractivity contribution in [2.75, 3.05) is 13.2 Å². The molecule has 0 N–H and O–H groups in total. The van der Waals surface area contributed by atoms with Gasteiger partial charge in [0.2, 0.25) is 0 Å². The Balaban J connectivity index is 0.000000370. The Kier molecular flexibility index (Phi) is 10.9. The lowest BCUT2D eigenvalue weighted by molar-refractivity contribution is 0.112. The molecule has 0 aliphatic heterocycles. The molecule has 2 rings (SSSR count). The zero-order chi connectivity index (χ0) is 20.9. The highest BCUT2D eigenvalue weighted by Crippen LogP contribution is 2.23. The Hall–Kier alpha value is -2.39. The number of carbonyl (C=O) groups is 1. The molecule has 0 aliphatic carbocycles. The first kappa shape index (κ1) is 23.6. The Labute approximate surface area is 171 Å². The monoisotopic (exact) mass is 381 g/mol. The molecule has 0 atom stereocenters. The molecule has 2 aromatic rings. The fourth-order valence-electron chi connectivity index (χ4n) is 3.24. The number of aldehydes is 1. The van der Waals surface area contributed by atoms with Crippen LogP contribution in [-0.2, 0) is 6.42 Å². The number of nitrogens with zero attached hydrogens (tertiary/aromatic N) is 1. The summed E-state index contributed by atoms with van der Waals surface area (Å²) >= 11 is 0. The molecule has 28 heavy (non-hydrogen) atoms. The lowest BCUT2D eigenvalue weighted by Gasteiger charge is -2.28. The third-order valence-corrected chi connectivity index (χ3v) is 4.51. The van der Waals surface area contributed by atoms with Gasteiger partial charge in [-0.25, -0.2) is 0 Å². The average molecular weight is 382 g/mol. The van der Waals surface area contributed by atoms with Crippen molar-refractivity contribution in [3.63, 3.8) is 0 Å². The minimum absolute atomic E-state index is 0.461. The Morgan fingerprint density at radius 3 is 2.14 bits per heavy atom. The zero-order valence-corrected chi connectivity index (χ0v) is 18.0. The van der Waals surface area contributed by atoms with Crippen molar-refractivity contribution < 1.29 is 9.53 Å². The largest absolute Gasteiger partial charge is 0.489 e. The van der Waals surface area contributed by atoms with Crippen LogP contribution in [0.1, 0.15) is 56.1 Å². The van der Waals surface area contributed by atoms with Crippen molar-refractivity contribution in [3.05, 3.63) is 77.9 Å². The standard InChI is InChI=1S/C17H16O2.C8H19N/c1-2-10-19-17-9-8-15(13-18)12-16(17)11-14-6-4-3-5-7-14;1-6-9(7(2)3)8(4)5/h2-9,12-13H,1,10-11H2;7-8H,6H2,1-5H3. The normalized spacial score (nSPS) is 10.6. The second-order valence-electron chi connectivity index (χ2n) is 7.27. The van der Waals surface area contributed by atoms with E-state index >= 15 is 0 Å². The summed E-state index contributed by atoms with van der Waals surface area (Å²) in [6.45, 7) is 16.4. The summed E-state index contributed by atoms with van der Waals surface area (Å²) in [4.78, 5) is 13.3. The maximum absolute atomic E-state index is 10.9. The Bertz CT molecular complexity index is 700. The van der Waals surface area contributed by atoms with E-state index in [0.717, 1.165) is 30.6 Å². The van der Waals surface area contributed by atoms with Crippen molar-refractivity contribution in [1.29, 1.82) is 0 Å². The molecule has 152 valence electrons. The van der Waals surface area contributed by atoms with Gasteiger partial charge in [0.15, 0.2) is 0 Å². The molecule has 2 aromatic carbocycles. The molecule has 0 radical (unpaired) electrons. The number of rotatable bonds is 9. The molecule has 0 unspecified atom stereocenters. The van der Waals surface area contributed by atoms with Crippen LogP contribution in [0, 0.1) is 0 Å². The van der Waals surface area contributed by atoms with Crippen molar-refractivity contribution in [1.82, 2.24) is 4.90 Å². The lowest BCUT2D eigenvalue weighted by atomic mass is 10.0. The van der Waals surface area contributed by atoms with Crippen LogP contribution in [0.2, 0.25) is 0 Å². The molecule has 0 heterocycles. The SMILES string of the molecule is C=CCOc1ccc(C=O)cc1Cc1ccccc1.CCN(C(C)C)C(C)C. The highest BCUT2D eigenvalue weighted by atomic mass is 16.5. The third-order valence-electron chi connectivity index (χ3n) is 4.51. The van der Waals surface area contributed by atoms with Gasteiger partial charge < -0.3 is 4.74 Å². The zero-order valence-electron chi connectivity index (χ0n) is 18.0. The fraction of sp³-hybridized carbons (Fsp3) is 0.400. The summed E-state index contributed by atoms with van der Waals surface area (Å²) in [6, 6.07) is 17.0. The van der Waals surface area contributed by atoms with Gasteiger partial charge in [-0.1, -0.05) is 49.9 Å². The molecule has 0 bridgehead atoms. The van der Waals surface area contributed by atoms with Crippen LogP contribution in [0.3, 0.4) is 0 Å². The van der Waals surface area contributed by atoms with Crippen LogP contribution in [0.5, 0.6) is 5.75 Å². The van der Waals surface area contributed by atoms with E-state index in [1.807, 2.05) is 30.3 Å². The highest BCUT2D eigenvalue weighted by molar-refractivity contribution is 5.75. The third kappa shape index (κ3) is 8.10. The lowest BCUT2D eigenvalue weighted by Crippen LogP contribution is -2.36. The molecular formula is C25H35NO2. The van der Waals surface area contributed by atoms with Crippen molar-refractivity contribution >= 4 is 6.29 Å². The maximum atomic E-state index is 10.9. The number of hydrogen-bond acceptors (Lipinski definition) is 3. The molecule has 0 amide bonds. The second-order valence-corrected chi connectivity index (χ2v) is 7.27. The van der Waals surface area contributed by atoms with Crippen molar-refractivity contribution in [3.8, 4) is 5.75 Å². The smallest absolute Gasteiger partial charge is 0.150 e. The van der Waals surface area contributed by atoms with Crippen LogP contribution < -0.4 is 4.74 Å². The molecule has 3 heteroatoms. The van der Waals surface area contributed by atoms with Crippen molar-refractivity contribution in [2.45, 2.75) is 53.1 Å². The first-order valence-electron chi connectivity index (χ1n) is 10.0. The topological polar surface area (TPSA) is 29.5 Å². The van der Waals surface area contributed by atoms with Gasteiger partial charge in [-0.3, -0.25) is 9.69 Å². The summed E-state index contributed by atoms with van der Waals surface area (Å²) in [5.41, 5.74) is 2.86. The summed E-state index contributed by atoms with van der Waals surface area (Å²) in [7, 11) is 0. The van der Waals surface area contributed by atoms with E-state index in [1.54, 1.807) is 12.1 Å². The van der Waals surface area contributed by atoms with Crippen LogP contribution in [0.4, 0.5) is 0 Å². The van der Waals surface area contributed by atoms with Crippen LogP contribution in [-0.4, -0.2) is 36.4 Å². The van der Waals surface area contributed by atoms with Gasteiger partial charge in [0, 0.05) is 24.1 Å². The molecule has 0 spiro atoms. The van der Waals surface area contributed by atoms with Crippen LogP contribution in [0.25, 0.3) is 0 Å². The summed E-state index contributed by atoms with van der Waals surface area (Å²) in [6.07, 6.45) is 3.31. The molecule has 0 aliphatic rings. The predicted octanol–water partition coefficient (Wildman–Crippen LogP) is 5.78. The van der Waals surface area contributed by atoms with E-state index < -0.39 is 0 Å². The minimum Gasteiger partial charge on any atom is -0.489 e. The number of carbonyl (C=O) groups excluding carboxylic acids is 1. The van der Waals surface area contributed by atoms with Crippen LogP contribution >= 0.6 is 0 Å². The van der Waals surface area contributed by atoms with Gasteiger partial charge >= 0.3 is 0 Å². The van der Waals surface area contributed by atoms with Gasteiger partial charge in [0.25, 0.3) is 0 Å². The minimum atomic E-state index is 0.461. The Morgan fingerprint density at radius 2 is 1.68 bits per heavy atom.